The molecule has 0 spiro atoms. The summed E-state index contributed by atoms with van der Waals surface area (Å²) in [7, 11) is -2.40. The zero-order chi connectivity index (χ0) is 19.3. The summed E-state index contributed by atoms with van der Waals surface area (Å²) in [6.45, 7) is 1.69. The van der Waals surface area contributed by atoms with Crippen LogP contribution in [-0.4, -0.2) is 55.3 Å². The normalized spacial score (nSPS) is 15.0. The van der Waals surface area contributed by atoms with Gasteiger partial charge in [-0.25, -0.2) is 13.4 Å². The second-order valence-electron chi connectivity index (χ2n) is 6.45. The molecule has 2 aromatic heterocycles. The number of hydrogen-bond acceptors (Lipinski definition) is 6. The van der Waals surface area contributed by atoms with Crippen LogP contribution in [0.3, 0.4) is 0 Å². The maximum absolute atomic E-state index is 12.4. The quantitative estimate of drug-likeness (QED) is 0.808. The van der Waals surface area contributed by atoms with Crippen molar-refractivity contribution in [1.29, 1.82) is 0 Å². The van der Waals surface area contributed by atoms with Gasteiger partial charge in [0.05, 0.1) is 18.4 Å². The van der Waals surface area contributed by atoms with Crippen LogP contribution >= 0.6 is 0 Å². The summed E-state index contributed by atoms with van der Waals surface area (Å²) in [6.07, 6.45) is 7.92. The fraction of sp³-hybridized carbons (Fsp3) is 0.389. The first-order valence-corrected chi connectivity index (χ1v) is 10.3. The molecule has 2 aromatic rings. The van der Waals surface area contributed by atoms with Gasteiger partial charge in [0.25, 0.3) is 0 Å². The lowest BCUT2D eigenvalue weighted by Crippen LogP contribution is -2.35. The van der Waals surface area contributed by atoms with Crippen molar-refractivity contribution in [2.45, 2.75) is 24.2 Å². The number of piperidine rings is 1. The predicted molar refractivity (Wildman–Crippen MR) is 103 cm³/mol. The molecule has 0 radical (unpaired) electrons. The van der Waals surface area contributed by atoms with Crippen LogP contribution in [0.15, 0.2) is 47.8 Å². The van der Waals surface area contributed by atoms with E-state index in [1.165, 1.54) is 38.0 Å². The Morgan fingerprint density at radius 1 is 1.19 bits per heavy atom. The second-order valence-corrected chi connectivity index (χ2v) is 8.50. The molecule has 1 amide bonds. The molecule has 27 heavy (non-hydrogen) atoms. The van der Waals surface area contributed by atoms with Gasteiger partial charge in [0.15, 0.2) is 0 Å². The molecule has 0 saturated carbocycles. The van der Waals surface area contributed by atoms with E-state index in [9.17, 15) is 13.2 Å². The van der Waals surface area contributed by atoms with Gasteiger partial charge in [0.1, 0.15) is 10.7 Å². The Labute approximate surface area is 159 Å². The fourth-order valence-electron chi connectivity index (χ4n) is 2.94. The maximum Gasteiger partial charge on any atom is 0.244 e. The molecule has 0 unspecified atom stereocenters. The van der Waals surface area contributed by atoms with Gasteiger partial charge in [0.2, 0.25) is 15.9 Å². The van der Waals surface area contributed by atoms with E-state index >= 15 is 0 Å². The monoisotopic (exact) mass is 389 g/mol. The molecule has 0 aromatic carbocycles. The summed E-state index contributed by atoms with van der Waals surface area (Å²) in [5, 5.41) is 2.68. The molecule has 1 fully saturated rings. The maximum atomic E-state index is 12.4. The van der Waals surface area contributed by atoms with Crippen molar-refractivity contribution in [3.63, 3.8) is 0 Å². The number of amides is 1. The highest BCUT2D eigenvalue weighted by molar-refractivity contribution is 7.89. The highest BCUT2D eigenvalue weighted by Crippen LogP contribution is 2.19. The van der Waals surface area contributed by atoms with E-state index in [0.717, 1.165) is 36.1 Å². The zero-order valence-corrected chi connectivity index (χ0v) is 16.0. The third-order valence-corrected chi connectivity index (χ3v) is 6.21. The summed E-state index contributed by atoms with van der Waals surface area (Å²) in [5.41, 5.74) is 0.535. The molecule has 1 saturated heterocycles. The zero-order valence-electron chi connectivity index (χ0n) is 15.2. The molecule has 1 N–H and O–H groups in total. The summed E-state index contributed by atoms with van der Waals surface area (Å²) >= 11 is 0. The van der Waals surface area contributed by atoms with Crippen LogP contribution in [0.4, 0.5) is 11.5 Å². The molecule has 8 nitrogen and oxygen atoms in total. The Kier molecular flexibility index (Phi) is 6.02. The average molecular weight is 389 g/mol. The van der Waals surface area contributed by atoms with Crippen LogP contribution in [0, 0.1) is 0 Å². The van der Waals surface area contributed by atoms with Gasteiger partial charge in [-0.05, 0) is 43.5 Å². The Morgan fingerprint density at radius 2 is 1.96 bits per heavy atom. The molecule has 0 atom stereocenters. The van der Waals surface area contributed by atoms with Crippen molar-refractivity contribution in [3.8, 4) is 0 Å². The number of carbonyl (C=O) groups is 1. The first-order valence-electron chi connectivity index (χ1n) is 8.84. The predicted octanol–water partition coefficient (Wildman–Crippen LogP) is 1.73. The third kappa shape index (κ3) is 4.81. The molecule has 3 rings (SSSR count). The van der Waals surface area contributed by atoms with Crippen LogP contribution in [0.5, 0.6) is 0 Å². The van der Waals surface area contributed by atoms with E-state index < -0.39 is 15.9 Å². The van der Waals surface area contributed by atoms with Crippen molar-refractivity contribution < 1.29 is 13.2 Å². The van der Waals surface area contributed by atoms with Gasteiger partial charge in [0, 0.05) is 32.5 Å². The summed E-state index contributed by atoms with van der Waals surface area (Å²) in [4.78, 5) is 22.7. The lowest BCUT2D eigenvalue weighted by atomic mass is 10.1. The number of nitrogens with zero attached hydrogens (tertiary/aromatic N) is 4. The van der Waals surface area contributed by atoms with Crippen LogP contribution in [0.2, 0.25) is 0 Å². The number of pyridine rings is 2. The van der Waals surface area contributed by atoms with Crippen molar-refractivity contribution in [2.75, 3.05) is 36.9 Å². The molecule has 3 heterocycles. The van der Waals surface area contributed by atoms with E-state index in [1.807, 2.05) is 6.07 Å². The molecule has 0 aliphatic carbocycles. The van der Waals surface area contributed by atoms with Gasteiger partial charge >= 0.3 is 0 Å². The number of carbonyl (C=O) groups excluding carboxylic acids is 1. The molecule has 0 bridgehead atoms. The molecule has 1 aliphatic heterocycles. The van der Waals surface area contributed by atoms with Gasteiger partial charge in [-0.1, -0.05) is 0 Å². The summed E-state index contributed by atoms with van der Waals surface area (Å²) < 4.78 is 25.9. The van der Waals surface area contributed by atoms with Gasteiger partial charge in [-0.2, -0.15) is 4.31 Å². The minimum Gasteiger partial charge on any atom is -0.357 e. The topological polar surface area (TPSA) is 95.5 Å². The molecule has 9 heteroatoms. The Bertz CT molecular complexity index is 866. The molecular weight excluding hydrogens is 366 g/mol. The van der Waals surface area contributed by atoms with Gasteiger partial charge in [-0.15, -0.1) is 0 Å². The van der Waals surface area contributed by atoms with Crippen LogP contribution in [0.1, 0.15) is 19.3 Å². The van der Waals surface area contributed by atoms with Gasteiger partial charge in [-0.3, -0.25) is 9.78 Å². The van der Waals surface area contributed by atoms with Crippen LogP contribution < -0.4 is 10.2 Å². The average Bonchev–Trinajstić information content (AvgIpc) is 2.70. The van der Waals surface area contributed by atoms with Gasteiger partial charge < -0.3 is 10.2 Å². The molecule has 144 valence electrons. The van der Waals surface area contributed by atoms with Crippen LogP contribution in [-0.2, 0) is 14.8 Å². The largest absolute Gasteiger partial charge is 0.357 e. The second kappa shape index (κ2) is 8.45. The lowest BCUT2D eigenvalue weighted by molar-refractivity contribution is -0.116. The van der Waals surface area contributed by atoms with Crippen molar-refractivity contribution in [2.24, 2.45) is 0 Å². The SMILES string of the molecule is CN(CC(=O)Nc1ccc(N2CCCCC2)nc1)S(=O)(=O)c1cccnc1. The highest BCUT2D eigenvalue weighted by Gasteiger charge is 2.23. The third-order valence-electron chi connectivity index (χ3n) is 4.42. The fourth-order valence-corrected chi connectivity index (χ4v) is 4.03. The minimum absolute atomic E-state index is 0.0489. The number of nitrogens with one attached hydrogen (secondary N) is 1. The molecule has 1 aliphatic rings. The van der Waals surface area contributed by atoms with Crippen LogP contribution in [0.25, 0.3) is 0 Å². The minimum atomic E-state index is -3.76. The van der Waals surface area contributed by atoms with Crippen molar-refractivity contribution >= 4 is 27.4 Å². The first-order chi connectivity index (χ1) is 13.0. The number of rotatable bonds is 6. The number of aromatic nitrogens is 2. The number of hydrogen-bond donors (Lipinski definition) is 1. The Morgan fingerprint density at radius 3 is 2.59 bits per heavy atom. The molecular formula is C18H23N5O3S. The van der Waals surface area contributed by atoms with E-state index in [2.05, 4.69) is 20.2 Å². The van der Waals surface area contributed by atoms with Crippen molar-refractivity contribution in [1.82, 2.24) is 14.3 Å². The van der Waals surface area contributed by atoms with E-state index in [1.54, 1.807) is 12.3 Å². The Hall–Kier alpha value is -2.52. The highest BCUT2D eigenvalue weighted by atomic mass is 32.2. The number of anilines is 2. The smallest absolute Gasteiger partial charge is 0.244 e. The number of sulfonamides is 1. The summed E-state index contributed by atoms with van der Waals surface area (Å²) in [6, 6.07) is 6.64. The number of likely N-dealkylation sites (N-methyl/N-ethyl adjacent to an activating group) is 1. The van der Waals surface area contributed by atoms with Crippen molar-refractivity contribution in [3.05, 3.63) is 42.9 Å². The lowest BCUT2D eigenvalue weighted by Gasteiger charge is -2.27. The van der Waals surface area contributed by atoms with E-state index in [4.69, 9.17) is 0 Å². The summed E-state index contributed by atoms with van der Waals surface area (Å²) in [5.74, 6) is 0.460. The van der Waals surface area contributed by atoms with E-state index in [-0.39, 0.29) is 11.4 Å². The Balaban J connectivity index is 1.58. The van der Waals surface area contributed by atoms with E-state index in [0.29, 0.717) is 5.69 Å². The standard InChI is InChI=1S/C18H23N5O3S/c1-22(27(25,26)16-6-5-9-19-13-16)14-18(24)21-15-7-8-17(20-12-15)23-10-3-2-4-11-23/h5-9,12-13H,2-4,10-11,14H2,1H3,(H,21,24). The first kappa shape index (κ1) is 19.2.